The first kappa shape index (κ1) is 24.0. The molecule has 0 saturated carbocycles. The van der Waals surface area contributed by atoms with Crippen molar-refractivity contribution >= 4 is 47.5 Å². The van der Waals surface area contributed by atoms with Gasteiger partial charge in [0.15, 0.2) is 0 Å². The maximum Gasteiger partial charge on any atom is 0.280 e. The van der Waals surface area contributed by atoms with Gasteiger partial charge in [0.1, 0.15) is 5.75 Å². The summed E-state index contributed by atoms with van der Waals surface area (Å²) in [5, 5.41) is 9.49. The van der Waals surface area contributed by atoms with Crippen LogP contribution in [0.25, 0.3) is 0 Å². The fraction of sp³-hybridized carbons (Fsp3) is 0.0833. The van der Waals surface area contributed by atoms with Crippen molar-refractivity contribution in [1.29, 1.82) is 0 Å². The van der Waals surface area contributed by atoms with E-state index in [9.17, 15) is 4.79 Å². The SMILES string of the molecule is CCOc1ccc(C(=O)N=C(N/N=C/c2ccc(Cl)cc2)N/N=C/c2ccc(Cl)cc2)cc1. The lowest BCUT2D eigenvalue weighted by Gasteiger charge is -2.06. The number of guanidine groups is 1. The summed E-state index contributed by atoms with van der Waals surface area (Å²) in [6, 6.07) is 20.9. The molecule has 2 N–H and O–H groups in total. The highest BCUT2D eigenvalue weighted by atomic mass is 35.5. The average molecular weight is 482 g/mol. The molecular weight excluding hydrogens is 461 g/mol. The van der Waals surface area contributed by atoms with Crippen molar-refractivity contribution < 1.29 is 9.53 Å². The van der Waals surface area contributed by atoms with Crippen LogP contribution in [0.15, 0.2) is 88.0 Å². The molecule has 1 amide bonds. The minimum atomic E-state index is -0.476. The molecule has 0 bridgehead atoms. The number of nitrogens with zero attached hydrogens (tertiary/aromatic N) is 3. The van der Waals surface area contributed by atoms with Gasteiger partial charge in [-0.25, -0.2) is 10.9 Å². The third-order valence-corrected chi connectivity index (χ3v) is 4.64. The number of benzene rings is 3. The summed E-state index contributed by atoms with van der Waals surface area (Å²) in [6.45, 7) is 2.43. The van der Waals surface area contributed by atoms with Crippen molar-refractivity contribution in [2.45, 2.75) is 6.92 Å². The van der Waals surface area contributed by atoms with Crippen LogP contribution in [0.3, 0.4) is 0 Å². The number of aliphatic imine (C=N–C) groups is 1. The predicted molar refractivity (Wildman–Crippen MR) is 134 cm³/mol. The number of carbonyl (C=O) groups excluding carboxylic acids is 1. The van der Waals surface area contributed by atoms with Gasteiger partial charge in [-0.3, -0.25) is 4.79 Å². The third kappa shape index (κ3) is 8.07. The Hall–Kier alpha value is -3.68. The van der Waals surface area contributed by atoms with Crippen molar-refractivity contribution in [2.24, 2.45) is 15.2 Å². The van der Waals surface area contributed by atoms with Crippen LogP contribution in [0.4, 0.5) is 0 Å². The molecule has 33 heavy (non-hydrogen) atoms. The van der Waals surface area contributed by atoms with Crippen molar-refractivity contribution in [1.82, 2.24) is 10.9 Å². The van der Waals surface area contributed by atoms with E-state index in [0.717, 1.165) is 11.1 Å². The van der Waals surface area contributed by atoms with Crippen molar-refractivity contribution in [2.75, 3.05) is 6.61 Å². The summed E-state index contributed by atoms with van der Waals surface area (Å²) < 4.78 is 5.40. The number of nitrogens with one attached hydrogen (secondary N) is 2. The topological polar surface area (TPSA) is 87.4 Å². The summed E-state index contributed by atoms with van der Waals surface area (Å²) in [4.78, 5) is 16.7. The van der Waals surface area contributed by atoms with Gasteiger partial charge in [-0.1, -0.05) is 47.5 Å². The Morgan fingerprint density at radius 1 is 0.818 bits per heavy atom. The van der Waals surface area contributed by atoms with Crippen LogP contribution in [0.1, 0.15) is 28.4 Å². The standard InChI is InChI=1S/C24H21Cl2N5O2/c1-2-33-22-13-7-19(8-14-22)23(32)29-24(30-27-15-17-3-9-20(25)10-4-17)31-28-16-18-5-11-21(26)12-6-18/h3-16H,2H2,1H3,(H2,29,30,31,32)/b27-15+,28-16+. The van der Waals surface area contributed by atoms with E-state index in [1.807, 2.05) is 31.2 Å². The zero-order valence-corrected chi connectivity index (χ0v) is 19.2. The van der Waals surface area contributed by atoms with Crippen molar-refractivity contribution in [3.05, 3.63) is 99.5 Å². The normalized spacial score (nSPS) is 10.9. The second kappa shape index (κ2) is 12.4. The summed E-state index contributed by atoms with van der Waals surface area (Å²) in [7, 11) is 0. The second-order valence-electron chi connectivity index (χ2n) is 6.57. The van der Waals surface area contributed by atoms with E-state index in [2.05, 4.69) is 26.0 Å². The van der Waals surface area contributed by atoms with Crippen LogP contribution in [0.2, 0.25) is 10.0 Å². The highest BCUT2D eigenvalue weighted by Gasteiger charge is 2.07. The smallest absolute Gasteiger partial charge is 0.280 e. The molecule has 3 rings (SSSR count). The van der Waals surface area contributed by atoms with Crippen LogP contribution >= 0.6 is 23.2 Å². The number of halogens is 2. The maximum atomic E-state index is 12.6. The first-order chi connectivity index (χ1) is 16.0. The number of hydrazone groups is 2. The van der Waals surface area contributed by atoms with Gasteiger partial charge in [-0.2, -0.15) is 15.2 Å². The van der Waals surface area contributed by atoms with Crippen molar-refractivity contribution in [3.63, 3.8) is 0 Å². The minimum Gasteiger partial charge on any atom is -0.494 e. The first-order valence-corrected chi connectivity index (χ1v) is 10.7. The van der Waals surface area contributed by atoms with Gasteiger partial charge in [-0.05, 0) is 66.6 Å². The molecule has 9 heteroatoms. The average Bonchev–Trinajstić information content (AvgIpc) is 2.82. The maximum absolute atomic E-state index is 12.6. The van der Waals surface area contributed by atoms with E-state index in [0.29, 0.717) is 28.0 Å². The number of hydrogen-bond donors (Lipinski definition) is 2. The van der Waals surface area contributed by atoms with Gasteiger partial charge >= 0.3 is 0 Å². The molecular formula is C24H21Cl2N5O2. The van der Waals surface area contributed by atoms with Gasteiger partial charge in [0.05, 0.1) is 19.0 Å². The van der Waals surface area contributed by atoms with Crippen LogP contribution in [-0.2, 0) is 0 Å². The molecule has 0 heterocycles. The van der Waals surface area contributed by atoms with E-state index in [1.54, 1.807) is 61.0 Å². The summed E-state index contributed by atoms with van der Waals surface area (Å²) in [5.41, 5.74) is 7.43. The Bertz CT molecular complexity index is 1080. The molecule has 0 aromatic heterocycles. The lowest BCUT2D eigenvalue weighted by Crippen LogP contribution is -2.32. The Morgan fingerprint density at radius 3 is 1.76 bits per heavy atom. The van der Waals surface area contributed by atoms with E-state index in [-0.39, 0.29) is 5.96 Å². The number of rotatable bonds is 7. The Morgan fingerprint density at radius 2 is 1.30 bits per heavy atom. The Labute approximate surface area is 201 Å². The summed E-state index contributed by atoms with van der Waals surface area (Å²) >= 11 is 11.8. The summed E-state index contributed by atoms with van der Waals surface area (Å²) in [6.07, 6.45) is 3.13. The molecule has 7 nitrogen and oxygen atoms in total. The largest absolute Gasteiger partial charge is 0.494 e. The predicted octanol–water partition coefficient (Wildman–Crippen LogP) is 5.14. The molecule has 0 aliphatic carbocycles. The van der Waals surface area contributed by atoms with Gasteiger partial charge < -0.3 is 4.74 Å². The number of hydrogen-bond acceptors (Lipinski definition) is 4. The fourth-order valence-corrected chi connectivity index (χ4v) is 2.79. The monoisotopic (exact) mass is 481 g/mol. The number of ether oxygens (including phenoxy) is 1. The van der Waals surface area contributed by atoms with Crippen LogP contribution in [0.5, 0.6) is 5.75 Å². The Kier molecular flexibility index (Phi) is 8.99. The molecule has 0 saturated heterocycles. The molecule has 0 atom stereocenters. The van der Waals surface area contributed by atoms with E-state index < -0.39 is 5.91 Å². The molecule has 0 unspecified atom stereocenters. The highest BCUT2D eigenvalue weighted by molar-refractivity contribution is 6.30. The third-order valence-electron chi connectivity index (χ3n) is 4.13. The van der Waals surface area contributed by atoms with Gasteiger partial charge in [0.25, 0.3) is 5.91 Å². The first-order valence-electron chi connectivity index (χ1n) is 9.98. The molecule has 0 spiro atoms. The Balaban J connectivity index is 1.74. The summed E-state index contributed by atoms with van der Waals surface area (Å²) in [5.74, 6) is 0.246. The van der Waals surface area contributed by atoms with E-state index >= 15 is 0 Å². The van der Waals surface area contributed by atoms with Crippen LogP contribution < -0.4 is 15.6 Å². The highest BCUT2D eigenvalue weighted by Crippen LogP contribution is 2.13. The molecule has 0 radical (unpaired) electrons. The van der Waals surface area contributed by atoms with Crippen LogP contribution in [0, 0.1) is 0 Å². The molecule has 168 valence electrons. The number of amides is 1. The fourth-order valence-electron chi connectivity index (χ4n) is 2.54. The van der Waals surface area contributed by atoms with Gasteiger partial charge in [0, 0.05) is 15.6 Å². The lowest BCUT2D eigenvalue weighted by atomic mass is 10.2. The number of carbonyl (C=O) groups is 1. The molecule has 3 aromatic rings. The van der Waals surface area contributed by atoms with E-state index in [1.165, 1.54) is 0 Å². The molecule has 0 fully saturated rings. The molecule has 3 aromatic carbocycles. The lowest BCUT2D eigenvalue weighted by molar-refractivity contribution is 0.100. The van der Waals surface area contributed by atoms with E-state index in [4.69, 9.17) is 27.9 Å². The van der Waals surface area contributed by atoms with Crippen LogP contribution in [-0.4, -0.2) is 30.9 Å². The minimum absolute atomic E-state index is 0.0457. The van der Waals surface area contributed by atoms with Gasteiger partial charge in [-0.15, -0.1) is 0 Å². The van der Waals surface area contributed by atoms with Crippen molar-refractivity contribution in [3.8, 4) is 5.75 Å². The quantitative estimate of drug-likeness (QED) is 0.278. The zero-order chi connectivity index (χ0) is 23.5. The zero-order valence-electron chi connectivity index (χ0n) is 17.7. The molecule has 0 aliphatic heterocycles. The second-order valence-corrected chi connectivity index (χ2v) is 7.44. The van der Waals surface area contributed by atoms with Gasteiger partial charge in [0.2, 0.25) is 5.96 Å². The molecule has 0 aliphatic rings.